The number of rotatable bonds is 3. The Bertz CT molecular complexity index is 611. The topological polar surface area (TPSA) is 74.4 Å². The maximum absolute atomic E-state index is 11.7. The summed E-state index contributed by atoms with van der Waals surface area (Å²) in [5.41, 5.74) is 8.30. The summed E-state index contributed by atoms with van der Waals surface area (Å²) >= 11 is 0. The van der Waals surface area contributed by atoms with Crippen LogP contribution >= 0.6 is 0 Å². The second-order valence-corrected chi connectivity index (χ2v) is 3.87. The van der Waals surface area contributed by atoms with Gasteiger partial charge in [0.15, 0.2) is 0 Å². The van der Waals surface area contributed by atoms with Gasteiger partial charge in [-0.15, -0.1) is 0 Å². The van der Waals surface area contributed by atoms with Gasteiger partial charge in [-0.25, -0.2) is 4.79 Å². The first-order valence-corrected chi connectivity index (χ1v) is 5.63. The summed E-state index contributed by atoms with van der Waals surface area (Å²) in [6, 6.07) is 7.08. The standard InChI is InChI=1S/C14H14N2O3/c1-18-13-4-3-9(7-12(13)15)10-5-6-16-8-11(10)14(17)19-2/h3-8H,15H2,1-2H3. The van der Waals surface area contributed by atoms with E-state index in [0.29, 0.717) is 17.0 Å². The van der Waals surface area contributed by atoms with Crippen molar-refractivity contribution in [2.24, 2.45) is 0 Å². The van der Waals surface area contributed by atoms with Crippen LogP contribution in [0.5, 0.6) is 5.75 Å². The number of carbonyl (C=O) groups is 1. The molecule has 0 fully saturated rings. The summed E-state index contributed by atoms with van der Waals surface area (Å²) < 4.78 is 9.84. The predicted octanol–water partition coefficient (Wildman–Crippen LogP) is 2.13. The molecule has 0 spiro atoms. The number of carbonyl (C=O) groups excluding carboxylic acids is 1. The van der Waals surface area contributed by atoms with E-state index in [4.69, 9.17) is 15.2 Å². The molecule has 98 valence electrons. The lowest BCUT2D eigenvalue weighted by molar-refractivity contribution is 0.0601. The van der Waals surface area contributed by atoms with Gasteiger partial charge in [-0.3, -0.25) is 4.98 Å². The first-order valence-electron chi connectivity index (χ1n) is 5.63. The SMILES string of the molecule is COC(=O)c1cnccc1-c1ccc(OC)c(N)c1. The second-order valence-electron chi connectivity index (χ2n) is 3.87. The molecule has 0 saturated carbocycles. The molecule has 2 aromatic rings. The van der Waals surface area contributed by atoms with Crippen molar-refractivity contribution >= 4 is 11.7 Å². The molecule has 5 nitrogen and oxygen atoms in total. The third-order valence-corrected chi connectivity index (χ3v) is 2.77. The van der Waals surface area contributed by atoms with Gasteiger partial charge in [0.05, 0.1) is 25.5 Å². The van der Waals surface area contributed by atoms with Crippen molar-refractivity contribution in [2.45, 2.75) is 0 Å². The normalized spacial score (nSPS) is 10.0. The Morgan fingerprint density at radius 1 is 1.26 bits per heavy atom. The third-order valence-electron chi connectivity index (χ3n) is 2.77. The fourth-order valence-corrected chi connectivity index (χ4v) is 1.82. The van der Waals surface area contributed by atoms with Crippen molar-refractivity contribution < 1.29 is 14.3 Å². The van der Waals surface area contributed by atoms with E-state index < -0.39 is 5.97 Å². The molecule has 0 atom stereocenters. The average molecular weight is 258 g/mol. The monoisotopic (exact) mass is 258 g/mol. The Kier molecular flexibility index (Phi) is 3.66. The quantitative estimate of drug-likeness (QED) is 0.674. The molecular weight excluding hydrogens is 244 g/mol. The second kappa shape index (κ2) is 5.39. The van der Waals surface area contributed by atoms with Gasteiger partial charge >= 0.3 is 5.97 Å². The summed E-state index contributed by atoms with van der Waals surface area (Å²) in [4.78, 5) is 15.6. The average Bonchev–Trinajstić information content (AvgIpc) is 2.46. The number of methoxy groups -OCH3 is 2. The highest BCUT2D eigenvalue weighted by Gasteiger charge is 2.14. The van der Waals surface area contributed by atoms with Gasteiger partial charge in [0, 0.05) is 12.4 Å². The van der Waals surface area contributed by atoms with Crippen molar-refractivity contribution in [1.29, 1.82) is 0 Å². The highest BCUT2D eigenvalue weighted by atomic mass is 16.5. The van der Waals surface area contributed by atoms with E-state index in [1.54, 1.807) is 31.5 Å². The molecule has 2 N–H and O–H groups in total. The number of hydrogen-bond donors (Lipinski definition) is 1. The summed E-state index contributed by atoms with van der Waals surface area (Å²) in [5, 5.41) is 0. The minimum atomic E-state index is -0.433. The van der Waals surface area contributed by atoms with Gasteiger partial charge in [-0.2, -0.15) is 0 Å². The number of nitrogen functional groups attached to an aromatic ring is 1. The third kappa shape index (κ3) is 2.49. The van der Waals surface area contributed by atoms with E-state index in [2.05, 4.69) is 4.98 Å². The fraction of sp³-hybridized carbons (Fsp3) is 0.143. The largest absolute Gasteiger partial charge is 0.495 e. The molecule has 0 aliphatic rings. The number of benzene rings is 1. The number of hydrogen-bond acceptors (Lipinski definition) is 5. The maximum Gasteiger partial charge on any atom is 0.340 e. The molecule has 1 aromatic heterocycles. The van der Waals surface area contributed by atoms with Gasteiger partial charge in [0.25, 0.3) is 0 Å². The highest BCUT2D eigenvalue weighted by Crippen LogP contribution is 2.30. The van der Waals surface area contributed by atoms with Crippen molar-refractivity contribution in [3.05, 3.63) is 42.2 Å². The molecule has 0 unspecified atom stereocenters. The van der Waals surface area contributed by atoms with Crippen molar-refractivity contribution in [3.63, 3.8) is 0 Å². The molecule has 0 aliphatic carbocycles. The number of aromatic nitrogens is 1. The summed E-state index contributed by atoms with van der Waals surface area (Å²) in [5.74, 6) is 0.162. The van der Waals surface area contributed by atoms with Crippen LogP contribution in [0, 0.1) is 0 Å². The van der Waals surface area contributed by atoms with E-state index in [9.17, 15) is 4.79 Å². The van der Waals surface area contributed by atoms with Crippen LogP contribution < -0.4 is 10.5 Å². The molecular formula is C14H14N2O3. The minimum absolute atomic E-state index is 0.398. The molecule has 2 rings (SSSR count). The lowest BCUT2D eigenvalue weighted by atomic mass is 10.0. The molecule has 0 radical (unpaired) electrons. The molecule has 5 heteroatoms. The smallest absolute Gasteiger partial charge is 0.340 e. The van der Waals surface area contributed by atoms with Crippen molar-refractivity contribution in [1.82, 2.24) is 4.98 Å². The number of ether oxygens (including phenoxy) is 2. The summed E-state index contributed by atoms with van der Waals surface area (Å²) in [6.45, 7) is 0. The van der Waals surface area contributed by atoms with Gasteiger partial charge < -0.3 is 15.2 Å². The van der Waals surface area contributed by atoms with Crippen molar-refractivity contribution in [3.8, 4) is 16.9 Å². The molecule has 1 heterocycles. The summed E-state index contributed by atoms with van der Waals surface area (Å²) in [7, 11) is 2.89. The summed E-state index contributed by atoms with van der Waals surface area (Å²) in [6.07, 6.45) is 3.09. The van der Waals surface area contributed by atoms with Crippen LogP contribution in [-0.2, 0) is 4.74 Å². The Balaban J connectivity index is 2.53. The molecule has 1 aromatic carbocycles. The minimum Gasteiger partial charge on any atom is -0.495 e. The number of pyridine rings is 1. The van der Waals surface area contributed by atoms with Crippen LogP contribution in [0.3, 0.4) is 0 Å². The number of anilines is 1. The fourth-order valence-electron chi connectivity index (χ4n) is 1.82. The first kappa shape index (κ1) is 12.9. The van der Waals surface area contributed by atoms with Gasteiger partial charge in [0.2, 0.25) is 0 Å². The van der Waals surface area contributed by atoms with Crippen LogP contribution in [-0.4, -0.2) is 25.2 Å². The van der Waals surface area contributed by atoms with Crippen LogP contribution in [0.4, 0.5) is 5.69 Å². The molecule has 0 aliphatic heterocycles. The zero-order valence-electron chi connectivity index (χ0n) is 10.7. The lowest BCUT2D eigenvalue weighted by Gasteiger charge is -2.10. The maximum atomic E-state index is 11.7. The number of nitrogens with zero attached hydrogens (tertiary/aromatic N) is 1. The zero-order valence-corrected chi connectivity index (χ0v) is 10.7. The Morgan fingerprint density at radius 2 is 2.05 bits per heavy atom. The van der Waals surface area contributed by atoms with E-state index >= 15 is 0 Å². The van der Waals surface area contributed by atoms with Crippen LogP contribution in [0.15, 0.2) is 36.7 Å². The Hall–Kier alpha value is -2.56. The molecule has 0 saturated heterocycles. The predicted molar refractivity (Wildman–Crippen MR) is 72.0 cm³/mol. The van der Waals surface area contributed by atoms with Crippen molar-refractivity contribution in [2.75, 3.05) is 20.0 Å². The van der Waals surface area contributed by atoms with Gasteiger partial charge in [0.1, 0.15) is 5.75 Å². The van der Waals surface area contributed by atoms with Gasteiger partial charge in [-0.05, 0) is 29.3 Å². The van der Waals surface area contributed by atoms with Crippen LogP contribution in [0.25, 0.3) is 11.1 Å². The number of esters is 1. The van der Waals surface area contributed by atoms with Crippen LogP contribution in [0.1, 0.15) is 10.4 Å². The first-order chi connectivity index (χ1) is 9.17. The van der Waals surface area contributed by atoms with E-state index in [0.717, 1.165) is 11.1 Å². The molecule has 19 heavy (non-hydrogen) atoms. The molecule has 0 amide bonds. The Morgan fingerprint density at radius 3 is 2.68 bits per heavy atom. The van der Waals surface area contributed by atoms with E-state index in [-0.39, 0.29) is 0 Å². The van der Waals surface area contributed by atoms with Gasteiger partial charge in [-0.1, -0.05) is 6.07 Å². The number of nitrogens with two attached hydrogens (primary N) is 1. The van der Waals surface area contributed by atoms with E-state index in [1.165, 1.54) is 13.3 Å². The van der Waals surface area contributed by atoms with E-state index in [1.807, 2.05) is 6.07 Å². The highest BCUT2D eigenvalue weighted by molar-refractivity contribution is 5.97. The zero-order chi connectivity index (χ0) is 13.8. The lowest BCUT2D eigenvalue weighted by Crippen LogP contribution is -2.04. The van der Waals surface area contributed by atoms with Crippen LogP contribution in [0.2, 0.25) is 0 Å². The Labute approximate surface area is 111 Å². The molecule has 0 bridgehead atoms.